The number of rotatable bonds is 2. The Morgan fingerprint density at radius 3 is 2.95 bits per heavy atom. The molecule has 1 fully saturated rings. The van der Waals surface area contributed by atoms with Crippen molar-refractivity contribution in [1.82, 2.24) is 9.38 Å². The van der Waals surface area contributed by atoms with Crippen LogP contribution in [-0.4, -0.2) is 20.5 Å². The lowest BCUT2D eigenvalue weighted by atomic mass is 10.1. The highest BCUT2D eigenvalue weighted by Gasteiger charge is 2.27. The molecule has 3 aromatic rings. The number of hydrogen-bond acceptors (Lipinski definition) is 3. The summed E-state index contributed by atoms with van der Waals surface area (Å²) in [7, 11) is 0. The molecular weight excluding hydrogens is 284 g/mol. The average molecular weight is 293 g/mol. The van der Waals surface area contributed by atoms with Crippen LogP contribution < -0.4 is 0 Å². The average Bonchev–Trinajstić information content (AvgIpc) is 3.01. The van der Waals surface area contributed by atoms with Crippen LogP contribution in [0.25, 0.3) is 15.2 Å². The smallest absolute Gasteiger partial charge is 0.356 e. The van der Waals surface area contributed by atoms with E-state index >= 15 is 0 Å². The summed E-state index contributed by atoms with van der Waals surface area (Å²) in [5.41, 5.74) is 2.20. The highest BCUT2D eigenvalue weighted by molar-refractivity contribution is 7.24. The summed E-state index contributed by atoms with van der Waals surface area (Å²) in [5.74, 6) is -0.411. The van der Waals surface area contributed by atoms with Crippen molar-refractivity contribution in [3.8, 4) is 0 Å². The van der Waals surface area contributed by atoms with Crippen molar-refractivity contribution in [2.45, 2.75) is 18.8 Å². The van der Waals surface area contributed by atoms with Crippen LogP contribution in [0, 0.1) is 0 Å². The molecule has 0 atom stereocenters. The number of nitrogens with zero attached hydrogens (tertiary/aromatic N) is 2. The van der Waals surface area contributed by atoms with Gasteiger partial charge >= 0.3 is 5.97 Å². The first-order valence-corrected chi connectivity index (χ1v) is 7.18. The molecule has 0 radical (unpaired) electrons. The van der Waals surface area contributed by atoms with Crippen LogP contribution in [0.15, 0.2) is 18.3 Å². The number of aromatic carboxylic acids is 1. The van der Waals surface area contributed by atoms with E-state index in [-0.39, 0.29) is 5.69 Å². The standard InChI is InChI=1S/C13H9ClN2O2S/c14-10-7(6-1-2-6)3-4-9-11(10)19-13-15-8(12(17)18)5-16(9)13/h3-6H,1-2H2,(H,17,18). The molecule has 0 spiro atoms. The lowest BCUT2D eigenvalue weighted by Crippen LogP contribution is -1.95. The van der Waals surface area contributed by atoms with E-state index in [1.54, 1.807) is 10.6 Å². The molecule has 6 heteroatoms. The Morgan fingerprint density at radius 2 is 2.26 bits per heavy atom. The minimum Gasteiger partial charge on any atom is -0.476 e. The van der Waals surface area contributed by atoms with E-state index in [9.17, 15) is 4.79 Å². The number of carbonyl (C=O) groups is 1. The van der Waals surface area contributed by atoms with Crippen molar-refractivity contribution >= 4 is 44.1 Å². The topological polar surface area (TPSA) is 54.6 Å². The van der Waals surface area contributed by atoms with Gasteiger partial charge in [0.15, 0.2) is 10.7 Å². The summed E-state index contributed by atoms with van der Waals surface area (Å²) < 4.78 is 2.79. The van der Waals surface area contributed by atoms with Gasteiger partial charge in [-0.1, -0.05) is 29.0 Å². The lowest BCUT2D eigenvalue weighted by Gasteiger charge is -2.02. The van der Waals surface area contributed by atoms with Gasteiger partial charge in [-0.3, -0.25) is 4.40 Å². The number of thiazole rings is 1. The van der Waals surface area contributed by atoms with Crippen LogP contribution in [0.5, 0.6) is 0 Å². The highest BCUT2D eigenvalue weighted by atomic mass is 35.5. The fourth-order valence-corrected chi connectivity index (χ4v) is 3.84. The summed E-state index contributed by atoms with van der Waals surface area (Å²) in [6.45, 7) is 0. The first-order chi connectivity index (χ1) is 9.15. The molecule has 1 saturated carbocycles. The van der Waals surface area contributed by atoms with Crippen LogP contribution in [-0.2, 0) is 0 Å². The molecule has 0 saturated heterocycles. The fourth-order valence-electron chi connectivity index (χ4n) is 2.36. The van der Waals surface area contributed by atoms with Gasteiger partial charge in [0.1, 0.15) is 0 Å². The molecule has 2 aromatic heterocycles. The van der Waals surface area contributed by atoms with Crippen molar-refractivity contribution in [3.05, 3.63) is 34.6 Å². The second kappa shape index (κ2) is 3.71. The third kappa shape index (κ3) is 1.58. The molecule has 1 aliphatic carbocycles. The zero-order valence-corrected chi connectivity index (χ0v) is 11.3. The van der Waals surface area contributed by atoms with Crippen molar-refractivity contribution in [1.29, 1.82) is 0 Å². The maximum atomic E-state index is 10.9. The van der Waals surface area contributed by atoms with Crippen LogP contribution in [0.2, 0.25) is 5.02 Å². The molecule has 0 aliphatic heterocycles. The van der Waals surface area contributed by atoms with Gasteiger partial charge in [0.05, 0.1) is 15.2 Å². The molecule has 4 nitrogen and oxygen atoms in total. The number of carboxylic acids is 1. The zero-order valence-electron chi connectivity index (χ0n) is 9.76. The van der Waals surface area contributed by atoms with Crippen LogP contribution >= 0.6 is 22.9 Å². The molecule has 96 valence electrons. The summed E-state index contributed by atoms with van der Waals surface area (Å²) >= 11 is 7.90. The highest BCUT2D eigenvalue weighted by Crippen LogP contribution is 2.46. The molecule has 0 amide bonds. The predicted molar refractivity (Wildman–Crippen MR) is 74.5 cm³/mol. The number of fused-ring (bicyclic) bond motifs is 3. The van der Waals surface area contributed by atoms with Crippen LogP contribution in [0.3, 0.4) is 0 Å². The number of aromatic nitrogens is 2. The predicted octanol–water partition coefficient (Wildman–Crippen LogP) is 3.78. The van der Waals surface area contributed by atoms with Crippen molar-refractivity contribution in [2.75, 3.05) is 0 Å². The van der Waals surface area contributed by atoms with E-state index in [0.717, 1.165) is 15.2 Å². The third-order valence-electron chi connectivity index (χ3n) is 3.47. The summed E-state index contributed by atoms with van der Waals surface area (Å²) in [6, 6.07) is 4.06. The normalized spacial score (nSPS) is 15.4. The Bertz CT molecular complexity index is 832. The Balaban J connectivity index is 2.01. The maximum absolute atomic E-state index is 10.9. The monoisotopic (exact) mass is 292 g/mol. The Labute approximate surface area is 117 Å². The minimum absolute atomic E-state index is 0.0653. The van der Waals surface area contributed by atoms with Gasteiger partial charge in [-0.05, 0) is 30.4 Å². The zero-order chi connectivity index (χ0) is 13.1. The van der Waals surface area contributed by atoms with Gasteiger partial charge in [-0.2, -0.15) is 0 Å². The summed E-state index contributed by atoms with van der Waals surface area (Å²) in [6.07, 6.45) is 3.96. The van der Waals surface area contributed by atoms with E-state index < -0.39 is 5.97 Å². The van der Waals surface area contributed by atoms with Crippen LogP contribution in [0.4, 0.5) is 0 Å². The third-order valence-corrected chi connectivity index (χ3v) is 5.08. The number of benzene rings is 1. The second-order valence-electron chi connectivity index (χ2n) is 4.78. The van der Waals surface area contributed by atoms with Crippen molar-refractivity contribution < 1.29 is 9.90 Å². The van der Waals surface area contributed by atoms with E-state index in [2.05, 4.69) is 11.1 Å². The summed E-state index contributed by atoms with van der Waals surface area (Å²) in [4.78, 5) is 15.7. The SMILES string of the molecule is O=C(O)c1cn2c(n1)sc1c(Cl)c(C3CC3)ccc12. The first-order valence-electron chi connectivity index (χ1n) is 5.98. The fraction of sp³-hybridized carbons (Fsp3) is 0.231. The Kier molecular flexibility index (Phi) is 2.20. The second-order valence-corrected chi connectivity index (χ2v) is 6.13. The van der Waals surface area contributed by atoms with Crippen LogP contribution in [0.1, 0.15) is 34.8 Å². The van der Waals surface area contributed by atoms with Gasteiger partial charge < -0.3 is 5.11 Å². The maximum Gasteiger partial charge on any atom is 0.356 e. The molecule has 1 aliphatic rings. The molecular formula is C13H9ClN2O2S. The van der Waals surface area contributed by atoms with E-state index in [1.807, 2.05) is 6.07 Å². The quantitative estimate of drug-likeness (QED) is 0.782. The number of hydrogen-bond donors (Lipinski definition) is 1. The first kappa shape index (κ1) is 11.3. The lowest BCUT2D eigenvalue weighted by molar-refractivity contribution is 0.0691. The van der Waals surface area contributed by atoms with Gasteiger partial charge in [0.2, 0.25) is 0 Å². The Hall–Kier alpha value is -1.59. The number of carboxylic acid groups (broad SMARTS) is 1. The van der Waals surface area contributed by atoms with Gasteiger partial charge in [-0.25, -0.2) is 9.78 Å². The largest absolute Gasteiger partial charge is 0.476 e. The number of imidazole rings is 1. The molecule has 0 unspecified atom stereocenters. The number of halogens is 1. The van der Waals surface area contributed by atoms with Crippen molar-refractivity contribution in [3.63, 3.8) is 0 Å². The molecule has 1 N–H and O–H groups in total. The molecule has 4 rings (SSSR count). The van der Waals surface area contributed by atoms with E-state index in [4.69, 9.17) is 16.7 Å². The van der Waals surface area contributed by atoms with Gasteiger partial charge in [-0.15, -0.1) is 0 Å². The summed E-state index contributed by atoms with van der Waals surface area (Å²) in [5, 5.41) is 9.76. The van der Waals surface area contributed by atoms with E-state index in [0.29, 0.717) is 10.9 Å². The Morgan fingerprint density at radius 1 is 1.47 bits per heavy atom. The molecule has 1 aromatic carbocycles. The molecule has 2 heterocycles. The minimum atomic E-state index is -1.01. The van der Waals surface area contributed by atoms with Crippen molar-refractivity contribution in [2.24, 2.45) is 0 Å². The van der Waals surface area contributed by atoms with Gasteiger partial charge in [0, 0.05) is 6.20 Å². The molecule has 19 heavy (non-hydrogen) atoms. The van der Waals surface area contributed by atoms with E-state index in [1.165, 1.54) is 29.7 Å². The van der Waals surface area contributed by atoms with Gasteiger partial charge in [0.25, 0.3) is 0 Å². The molecule has 0 bridgehead atoms.